The number of carboxylic acid groups (broad SMARTS) is 1. The van der Waals surface area contributed by atoms with Crippen LogP contribution in [0.1, 0.15) is 25.7 Å². The number of nitrogens with zero attached hydrogens (tertiary/aromatic N) is 1. The number of fused-ring (bicyclic) bond motifs is 1. The highest BCUT2D eigenvalue weighted by molar-refractivity contribution is 5.84. The van der Waals surface area contributed by atoms with Gasteiger partial charge in [-0.25, -0.2) is 0 Å². The first-order chi connectivity index (χ1) is 7.12. The molecule has 0 radical (unpaired) electrons. The summed E-state index contributed by atoms with van der Waals surface area (Å²) < 4.78 is 4.79. The Morgan fingerprint density at radius 3 is 2.80 bits per heavy atom. The van der Waals surface area contributed by atoms with Gasteiger partial charge in [-0.1, -0.05) is 0 Å². The van der Waals surface area contributed by atoms with Gasteiger partial charge in [-0.3, -0.25) is 14.5 Å². The highest BCUT2D eigenvalue weighted by Gasteiger charge is 2.56. The molecule has 2 atom stereocenters. The second kappa shape index (κ2) is 3.48. The van der Waals surface area contributed by atoms with Crippen LogP contribution in [-0.4, -0.2) is 47.2 Å². The summed E-state index contributed by atoms with van der Waals surface area (Å²) in [7, 11) is 1.36. The van der Waals surface area contributed by atoms with E-state index in [1.54, 1.807) is 4.90 Å². The van der Waals surface area contributed by atoms with Crippen molar-refractivity contribution in [3.63, 3.8) is 0 Å². The fourth-order valence-corrected chi connectivity index (χ4v) is 2.92. The molecule has 0 aromatic rings. The molecule has 0 bridgehead atoms. The van der Waals surface area contributed by atoms with E-state index in [9.17, 15) is 9.59 Å². The maximum atomic E-state index is 11.7. The van der Waals surface area contributed by atoms with Crippen LogP contribution in [0.3, 0.4) is 0 Å². The molecule has 0 saturated carbocycles. The van der Waals surface area contributed by atoms with Crippen molar-refractivity contribution >= 4 is 11.9 Å². The second-order valence-corrected chi connectivity index (χ2v) is 4.21. The minimum Gasteiger partial charge on any atom is -0.480 e. The van der Waals surface area contributed by atoms with Gasteiger partial charge in [0, 0.05) is 6.54 Å². The van der Waals surface area contributed by atoms with E-state index in [1.165, 1.54) is 7.11 Å². The first-order valence-electron chi connectivity index (χ1n) is 5.20. The number of esters is 1. The summed E-state index contributed by atoms with van der Waals surface area (Å²) in [5.41, 5.74) is -0.641. The van der Waals surface area contributed by atoms with Crippen molar-refractivity contribution in [2.45, 2.75) is 37.3 Å². The standard InChI is InChI=1S/C10H15NO4/c1-15-9(14)10-4-2-6-11(10)7(3-5-10)8(12)13/h7H,2-6H2,1H3,(H,12,13)/t7-,10-/m0/s1. The number of aliphatic carboxylic acids is 1. The third-order valence-electron chi connectivity index (χ3n) is 3.60. The second-order valence-electron chi connectivity index (χ2n) is 4.21. The number of carbonyl (C=O) groups is 2. The number of carboxylic acids is 1. The zero-order chi connectivity index (χ0) is 11.1. The lowest BCUT2D eigenvalue weighted by atomic mass is 9.94. The molecule has 0 unspecified atom stereocenters. The van der Waals surface area contributed by atoms with E-state index in [0.29, 0.717) is 19.4 Å². The molecule has 2 saturated heterocycles. The Bertz CT molecular complexity index is 304. The van der Waals surface area contributed by atoms with Crippen LogP contribution in [0, 0.1) is 0 Å². The Labute approximate surface area is 88.0 Å². The highest BCUT2D eigenvalue weighted by atomic mass is 16.5. The molecule has 84 valence electrons. The summed E-state index contributed by atoms with van der Waals surface area (Å²) >= 11 is 0. The molecule has 2 rings (SSSR count). The molecular weight excluding hydrogens is 198 g/mol. The minimum atomic E-state index is -0.831. The number of hydrogen-bond acceptors (Lipinski definition) is 4. The molecule has 5 heteroatoms. The maximum Gasteiger partial charge on any atom is 0.326 e. The predicted molar refractivity (Wildman–Crippen MR) is 51.3 cm³/mol. The SMILES string of the molecule is COC(=O)[C@@]12CCCN1[C@H](C(=O)O)CC2. The van der Waals surface area contributed by atoms with Gasteiger partial charge in [0.15, 0.2) is 0 Å². The van der Waals surface area contributed by atoms with E-state index in [-0.39, 0.29) is 5.97 Å². The maximum absolute atomic E-state index is 11.7. The third kappa shape index (κ3) is 1.33. The Hall–Kier alpha value is -1.10. The van der Waals surface area contributed by atoms with E-state index < -0.39 is 17.6 Å². The van der Waals surface area contributed by atoms with Gasteiger partial charge in [0.25, 0.3) is 0 Å². The summed E-state index contributed by atoms with van der Waals surface area (Å²) in [5.74, 6) is -1.11. The Morgan fingerprint density at radius 1 is 1.47 bits per heavy atom. The molecule has 0 aromatic carbocycles. The van der Waals surface area contributed by atoms with Gasteiger partial charge >= 0.3 is 11.9 Å². The Balaban J connectivity index is 2.26. The topological polar surface area (TPSA) is 66.8 Å². The van der Waals surface area contributed by atoms with Crippen molar-refractivity contribution in [2.24, 2.45) is 0 Å². The fourth-order valence-electron chi connectivity index (χ4n) is 2.92. The van der Waals surface area contributed by atoms with Gasteiger partial charge in [0.1, 0.15) is 11.6 Å². The van der Waals surface area contributed by atoms with Gasteiger partial charge in [-0.2, -0.15) is 0 Å². The Kier molecular flexibility index (Phi) is 2.42. The predicted octanol–water partition coefficient (Wildman–Crippen LogP) is 0.241. The first-order valence-corrected chi connectivity index (χ1v) is 5.20. The van der Waals surface area contributed by atoms with Gasteiger partial charge in [0.05, 0.1) is 7.11 Å². The Morgan fingerprint density at radius 2 is 2.20 bits per heavy atom. The van der Waals surface area contributed by atoms with Crippen molar-refractivity contribution in [1.82, 2.24) is 4.90 Å². The van der Waals surface area contributed by atoms with E-state index in [0.717, 1.165) is 12.8 Å². The van der Waals surface area contributed by atoms with Crippen LogP contribution in [0.25, 0.3) is 0 Å². The minimum absolute atomic E-state index is 0.274. The normalized spacial score (nSPS) is 35.1. The van der Waals surface area contributed by atoms with E-state index in [4.69, 9.17) is 9.84 Å². The molecule has 1 N–H and O–H groups in total. The number of carbonyl (C=O) groups excluding carboxylic acids is 1. The van der Waals surface area contributed by atoms with Gasteiger partial charge in [-0.05, 0) is 25.7 Å². The molecule has 2 aliphatic rings. The largest absolute Gasteiger partial charge is 0.480 e. The molecule has 0 aromatic heterocycles. The van der Waals surface area contributed by atoms with Gasteiger partial charge in [-0.15, -0.1) is 0 Å². The monoisotopic (exact) mass is 213 g/mol. The molecule has 5 nitrogen and oxygen atoms in total. The third-order valence-corrected chi connectivity index (χ3v) is 3.60. The lowest BCUT2D eigenvalue weighted by Crippen LogP contribution is -2.50. The number of ether oxygens (including phenoxy) is 1. The molecule has 2 fully saturated rings. The average molecular weight is 213 g/mol. The summed E-state index contributed by atoms with van der Waals surface area (Å²) in [6.45, 7) is 0.687. The zero-order valence-electron chi connectivity index (χ0n) is 8.73. The number of rotatable bonds is 2. The zero-order valence-corrected chi connectivity index (χ0v) is 8.73. The van der Waals surface area contributed by atoms with Gasteiger partial charge < -0.3 is 9.84 Å². The molecule has 0 amide bonds. The van der Waals surface area contributed by atoms with Crippen LogP contribution in [-0.2, 0) is 14.3 Å². The van der Waals surface area contributed by atoms with E-state index >= 15 is 0 Å². The molecule has 2 heterocycles. The molecule has 0 spiro atoms. The van der Waals surface area contributed by atoms with Crippen LogP contribution < -0.4 is 0 Å². The van der Waals surface area contributed by atoms with E-state index in [1.807, 2.05) is 0 Å². The molecule has 0 aliphatic carbocycles. The van der Waals surface area contributed by atoms with Crippen molar-refractivity contribution < 1.29 is 19.4 Å². The number of methoxy groups -OCH3 is 1. The molecule has 15 heavy (non-hydrogen) atoms. The van der Waals surface area contributed by atoms with Crippen LogP contribution >= 0.6 is 0 Å². The van der Waals surface area contributed by atoms with Crippen LogP contribution in [0.5, 0.6) is 0 Å². The van der Waals surface area contributed by atoms with Gasteiger partial charge in [0.2, 0.25) is 0 Å². The van der Waals surface area contributed by atoms with Crippen molar-refractivity contribution in [2.75, 3.05) is 13.7 Å². The van der Waals surface area contributed by atoms with Crippen LogP contribution in [0.4, 0.5) is 0 Å². The summed E-state index contributed by atoms with van der Waals surface area (Å²) in [4.78, 5) is 24.5. The fraction of sp³-hybridized carbons (Fsp3) is 0.800. The van der Waals surface area contributed by atoms with Crippen molar-refractivity contribution in [3.05, 3.63) is 0 Å². The van der Waals surface area contributed by atoms with Crippen molar-refractivity contribution in [1.29, 1.82) is 0 Å². The smallest absolute Gasteiger partial charge is 0.326 e. The quantitative estimate of drug-likeness (QED) is 0.665. The average Bonchev–Trinajstić information content (AvgIpc) is 2.73. The van der Waals surface area contributed by atoms with Crippen LogP contribution in [0.15, 0.2) is 0 Å². The molecular formula is C10H15NO4. The summed E-state index contributed by atoms with van der Waals surface area (Å²) in [6, 6.07) is -0.508. The first kappa shape index (κ1) is 10.4. The van der Waals surface area contributed by atoms with Crippen molar-refractivity contribution in [3.8, 4) is 0 Å². The molecule has 2 aliphatic heterocycles. The number of hydrogen-bond donors (Lipinski definition) is 1. The highest BCUT2D eigenvalue weighted by Crippen LogP contribution is 2.43. The van der Waals surface area contributed by atoms with E-state index in [2.05, 4.69) is 0 Å². The summed E-state index contributed by atoms with van der Waals surface area (Å²) in [5, 5.41) is 9.04. The summed E-state index contributed by atoms with van der Waals surface area (Å²) in [6.07, 6.45) is 2.75. The lowest BCUT2D eigenvalue weighted by molar-refractivity contribution is -0.154. The van der Waals surface area contributed by atoms with Crippen LogP contribution in [0.2, 0.25) is 0 Å². The lowest BCUT2D eigenvalue weighted by Gasteiger charge is -2.30.